The molecule has 3 heteroatoms. The molecule has 0 radical (unpaired) electrons. The molecule has 0 heterocycles. The molecule has 0 unspecified atom stereocenters. The number of alkyl halides is 1. The van der Waals surface area contributed by atoms with Crippen LogP contribution in [-0.2, 0) is 0 Å². The van der Waals surface area contributed by atoms with Crippen molar-refractivity contribution < 1.29 is 9.53 Å². The summed E-state index contributed by atoms with van der Waals surface area (Å²) in [5.74, 6) is 1.31. The molecule has 0 aliphatic heterocycles. The van der Waals surface area contributed by atoms with Crippen LogP contribution in [0.25, 0.3) is 11.1 Å². The number of benzene rings is 2. The Morgan fingerprint density at radius 1 is 1.00 bits per heavy atom. The van der Waals surface area contributed by atoms with E-state index < -0.39 is 0 Å². The van der Waals surface area contributed by atoms with Gasteiger partial charge >= 0.3 is 0 Å². The maximum atomic E-state index is 11.7. The van der Waals surface area contributed by atoms with E-state index in [2.05, 4.69) is 0 Å². The first-order chi connectivity index (χ1) is 9.74. The van der Waals surface area contributed by atoms with Crippen molar-refractivity contribution in [3.8, 4) is 16.9 Å². The first-order valence-electron chi connectivity index (χ1n) is 6.67. The molecule has 2 rings (SSSR count). The number of carbonyl (C=O) groups excluding carboxylic acids is 1. The van der Waals surface area contributed by atoms with Crippen LogP contribution >= 0.6 is 11.6 Å². The molecule has 0 fully saturated rings. The molecule has 0 amide bonds. The van der Waals surface area contributed by atoms with Crippen LogP contribution in [0.4, 0.5) is 0 Å². The molecule has 2 aromatic rings. The lowest BCUT2D eigenvalue weighted by atomic mass is 10.0. The Balaban J connectivity index is 2.15. The third-order valence-corrected chi connectivity index (χ3v) is 3.22. The Hall–Kier alpha value is -1.80. The molecule has 0 aliphatic carbocycles. The lowest BCUT2D eigenvalue weighted by Gasteiger charge is -2.06. The Morgan fingerprint density at radius 3 is 2.05 bits per heavy atom. The number of ketones is 1. The zero-order valence-corrected chi connectivity index (χ0v) is 12.2. The maximum Gasteiger partial charge on any atom is 0.164 e. The molecule has 104 valence electrons. The van der Waals surface area contributed by atoms with Crippen molar-refractivity contribution in [3.05, 3.63) is 54.1 Å². The minimum atomic E-state index is 0.0817. The number of Topliss-reactive ketones (excluding diaryl/α,β-unsaturated/α-hetero) is 1. The highest BCUT2D eigenvalue weighted by Crippen LogP contribution is 2.23. The number of hydrogen-bond acceptors (Lipinski definition) is 2. The van der Waals surface area contributed by atoms with Gasteiger partial charge in [-0.25, -0.2) is 0 Å². The fraction of sp³-hybridized carbons (Fsp3) is 0.235. The van der Waals surface area contributed by atoms with Gasteiger partial charge in [0.05, 0.1) is 6.61 Å². The van der Waals surface area contributed by atoms with Crippen LogP contribution in [0.5, 0.6) is 5.75 Å². The molecule has 0 saturated carbocycles. The summed E-state index contributed by atoms with van der Waals surface area (Å²) < 4.78 is 5.42. The molecule has 20 heavy (non-hydrogen) atoms. The van der Waals surface area contributed by atoms with Gasteiger partial charge in [0.25, 0.3) is 0 Å². The zero-order valence-electron chi connectivity index (χ0n) is 11.4. The van der Waals surface area contributed by atoms with E-state index in [1.165, 1.54) is 0 Å². The van der Waals surface area contributed by atoms with Crippen molar-refractivity contribution in [2.45, 2.75) is 13.3 Å². The Bertz CT molecular complexity index is 559. The smallest absolute Gasteiger partial charge is 0.164 e. The van der Waals surface area contributed by atoms with Gasteiger partial charge in [-0.05, 0) is 30.2 Å². The quantitative estimate of drug-likeness (QED) is 0.575. The summed E-state index contributed by atoms with van der Waals surface area (Å²) in [7, 11) is 0. The second-order valence-corrected chi connectivity index (χ2v) is 4.77. The molecule has 2 aromatic carbocycles. The molecular formula is C17H17ClO2. The summed E-state index contributed by atoms with van der Waals surface area (Å²) in [6.07, 6.45) is 0.379. The number of carbonyl (C=O) groups is 1. The van der Waals surface area contributed by atoms with Crippen LogP contribution in [0.15, 0.2) is 48.5 Å². The van der Waals surface area contributed by atoms with Crippen LogP contribution in [-0.4, -0.2) is 18.3 Å². The highest BCUT2D eigenvalue weighted by Gasteiger charge is 2.05. The van der Waals surface area contributed by atoms with Crippen LogP contribution in [0, 0.1) is 0 Å². The number of hydrogen-bond donors (Lipinski definition) is 0. The summed E-state index contributed by atoms with van der Waals surface area (Å²) in [6, 6.07) is 15.5. The molecular weight excluding hydrogens is 272 g/mol. The third kappa shape index (κ3) is 3.61. The first-order valence-corrected chi connectivity index (χ1v) is 7.20. The highest BCUT2D eigenvalue weighted by atomic mass is 35.5. The fourth-order valence-corrected chi connectivity index (χ4v) is 2.16. The Kier molecular flexibility index (Phi) is 5.19. The average Bonchev–Trinajstić information content (AvgIpc) is 2.49. The monoisotopic (exact) mass is 288 g/mol. The number of ether oxygens (including phenoxy) is 1. The topological polar surface area (TPSA) is 26.3 Å². The van der Waals surface area contributed by atoms with Crippen LogP contribution in [0.1, 0.15) is 23.7 Å². The van der Waals surface area contributed by atoms with E-state index in [4.69, 9.17) is 16.3 Å². The van der Waals surface area contributed by atoms with Crippen molar-refractivity contribution in [2.24, 2.45) is 0 Å². The van der Waals surface area contributed by atoms with Crippen molar-refractivity contribution in [1.82, 2.24) is 0 Å². The van der Waals surface area contributed by atoms with Gasteiger partial charge in [-0.15, -0.1) is 11.6 Å². The first kappa shape index (κ1) is 14.6. The average molecular weight is 289 g/mol. The lowest BCUT2D eigenvalue weighted by molar-refractivity contribution is 0.0989. The molecule has 0 atom stereocenters. The SMILES string of the molecule is CCOc1ccc(-c2ccc(C(=O)CCCl)cc2)cc1. The lowest BCUT2D eigenvalue weighted by Crippen LogP contribution is -1.99. The predicted molar refractivity (Wildman–Crippen MR) is 82.7 cm³/mol. The summed E-state index contributed by atoms with van der Waals surface area (Å²) in [5, 5.41) is 0. The van der Waals surface area contributed by atoms with Gasteiger partial charge < -0.3 is 4.74 Å². The second-order valence-electron chi connectivity index (χ2n) is 4.40. The minimum Gasteiger partial charge on any atom is -0.494 e. The van der Waals surface area contributed by atoms with Gasteiger partial charge in [-0.3, -0.25) is 4.79 Å². The zero-order chi connectivity index (χ0) is 14.4. The summed E-state index contributed by atoms with van der Waals surface area (Å²) in [4.78, 5) is 11.7. The number of halogens is 1. The van der Waals surface area contributed by atoms with E-state index in [1.54, 1.807) is 0 Å². The van der Waals surface area contributed by atoms with Crippen molar-refractivity contribution in [3.63, 3.8) is 0 Å². The van der Waals surface area contributed by atoms with E-state index in [-0.39, 0.29) is 5.78 Å². The molecule has 0 N–H and O–H groups in total. The summed E-state index contributed by atoms with van der Waals surface area (Å²) in [5.41, 5.74) is 2.89. The molecule has 0 aromatic heterocycles. The summed E-state index contributed by atoms with van der Waals surface area (Å²) >= 11 is 5.58. The van der Waals surface area contributed by atoms with Gasteiger partial charge in [0, 0.05) is 17.9 Å². The maximum absolute atomic E-state index is 11.7. The van der Waals surface area contributed by atoms with E-state index in [9.17, 15) is 4.79 Å². The van der Waals surface area contributed by atoms with E-state index in [1.807, 2.05) is 55.5 Å². The van der Waals surface area contributed by atoms with Crippen LogP contribution in [0.3, 0.4) is 0 Å². The summed E-state index contributed by atoms with van der Waals surface area (Å²) in [6.45, 7) is 2.63. The van der Waals surface area contributed by atoms with Crippen molar-refractivity contribution in [1.29, 1.82) is 0 Å². The normalized spacial score (nSPS) is 10.3. The Morgan fingerprint density at radius 2 is 1.55 bits per heavy atom. The van der Waals surface area contributed by atoms with E-state index >= 15 is 0 Å². The Labute approximate surface area is 124 Å². The second kappa shape index (κ2) is 7.11. The van der Waals surface area contributed by atoms with Gasteiger partial charge in [-0.1, -0.05) is 36.4 Å². The van der Waals surface area contributed by atoms with E-state index in [0.717, 1.165) is 16.9 Å². The van der Waals surface area contributed by atoms with Gasteiger partial charge in [0.1, 0.15) is 5.75 Å². The molecule has 0 bridgehead atoms. The minimum absolute atomic E-state index is 0.0817. The van der Waals surface area contributed by atoms with Gasteiger partial charge in [0.15, 0.2) is 5.78 Å². The van der Waals surface area contributed by atoms with Crippen LogP contribution in [0.2, 0.25) is 0 Å². The molecule has 0 aliphatic rings. The largest absolute Gasteiger partial charge is 0.494 e. The van der Waals surface area contributed by atoms with Gasteiger partial charge in [-0.2, -0.15) is 0 Å². The molecule has 2 nitrogen and oxygen atoms in total. The van der Waals surface area contributed by atoms with Crippen LogP contribution < -0.4 is 4.74 Å². The predicted octanol–water partition coefficient (Wildman–Crippen LogP) is 4.56. The van der Waals surface area contributed by atoms with Gasteiger partial charge in [0.2, 0.25) is 0 Å². The van der Waals surface area contributed by atoms with Crippen molar-refractivity contribution >= 4 is 17.4 Å². The molecule has 0 spiro atoms. The highest BCUT2D eigenvalue weighted by molar-refractivity contribution is 6.19. The van der Waals surface area contributed by atoms with E-state index in [0.29, 0.717) is 24.5 Å². The standard InChI is InChI=1S/C17H17ClO2/c1-2-20-16-9-7-14(8-10-16)13-3-5-15(6-4-13)17(19)11-12-18/h3-10H,2,11-12H2,1H3. The fourth-order valence-electron chi connectivity index (χ4n) is 1.99. The van der Waals surface area contributed by atoms with Crippen molar-refractivity contribution in [2.75, 3.05) is 12.5 Å². The number of rotatable bonds is 6. The molecule has 0 saturated heterocycles. The third-order valence-electron chi connectivity index (χ3n) is 3.03.